The van der Waals surface area contributed by atoms with Gasteiger partial charge < -0.3 is 15.5 Å². The lowest BCUT2D eigenvalue weighted by Crippen LogP contribution is -2.41. The van der Waals surface area contributed by atoms with E-state index in [1.165, 1.54) is 16.7 Å². The molecule has 0 aliphatic carbocycles. The summed E-state index contributed by atoms with van der Waals surface area (Å²) in [6.45, 7) is 9.58. The van der Waals surface area contributed by atoms with Crippen molar-refractivity contribution in [1.82, 2.24) is 5.32 Å². The summed E-state index contributed by atoms with van der Waals surface area (Å²) in [5, 5.41) is 21.5. The highest BCUT2D eigenvalue weighted by Gasteiger charge is 2.23. The second-order valence-corrected chi connectivity index (χ2v) is 5.97. The molecule has 0 aromatic heterocycles. The van der Waals surface area contributed by atoms with E-state index in [9.17, 15) is 5.11 Å². The SMILES string of the molecule is Cc1ccc(C)c(C(C)(C)CNC(CO)CCO)c1. The Morgan fingerprint density at radius 2 is 1.89 bits per heavy atom. The summed E-state index contributed by atoms with van der Waals surface area (Å²) in [5.74, 6) is 0. The molecule has 3 N–H and O–H groups in total. The molecule has 0 amide bonds. The van der Waals surface area contributed by atoms with Crippen molar-refractivity contribution in [2.45, 2.75) is 45.6 Å². The number of aryl methyl sites for hydroxylation is 2. The third-order valence-electron chi connectivity index (χ3n) is 3.65. The van der Waals surface area contributed by atoms with Crippen LogP contribution in [0.5, 0.6) is 0 Å². The number of rotatable bonds is 7. The molecule has 1 aromatic carbocycles. The van der Waals surface area contributed by atoms with Gasteiger partial charge in [0.15, 0.2) is 0 Å². The normalized spacial score (nSPS) is 13.6. The molecule has 0 saturated heterocycles. The van der Waals surface area contributed by atoms with Crippen molar-refractivity contribution in [3.63, 3.8) is 0 Å². The van der Waals surface area contributed by atoms with E-state index in [1.54, 1.807) is 0 Å². The van der Waals surface area contributed by atoms with Gasteiger partial charge in [0.25, 0.3) is 0 Å². The summed E-state index contributed by atoms with van der Waals surface area (Å²) in [5.41, 5.74) is 3.89. The Morgan fingerprint density at radius 1 is 1.21 bits per heavy atom. The molecule has 0 saturated carbocycles. The van der Waals surface area contributed by atoms with Gasteiger partial charge in [0.05, 0.1) is 6.61 Å². The monoisotopic (exact) mass is 265 g/mol. The second kappa shape index (κ2) is 7.04. The molecule has 1 aromatic rings. The summed E-state index contributed by atoms with van der Waals surface area (Å²) < 4.78 is 0. The maximum absolute atomic E-state index is 9.25. The van der Waals surface area contributed by atoms with E-state index in [-0.39, 0.29) is 24.7 Å². The molecule has 1 rings (SSSR count). The Labute approximate surface area is 116 Å². The minimum atomic E-state index is -0.0330. The van der Waals surface area contributed by atoms with Crippen LogP contribution < -0.4 is 5.32 Å². The number of benzene rings is 1. The van der Waals surface area contributed by atoms with Crippen molar-refractivity contribution in [3.05, 3.63) is 34.9 Å². The topological polar surface area (TPSA) is 52.5 Å². The number of nitrogens with one attached hydrogen (secondary N) is 1. The molecule has 0 radical (unpaired) electrons. The van der Waals surface area contributed by atoms with Crippen molar-refractivity contribution in [1.29, 1.82) is 0 Å². The molecule has 0 aliphatic heterocycles. The van der Waals surface area contributed by atoms with Crippen molar-refractivity contribution in [2.24, 2.45) is 0 Å². The van der Waals surface area contributed by atoms with E-state index in [2.05, 4.69) is 51.2 Å². The quantitative estimate of drug-likeness (QED) is 0.706. The predicted molar refractivity (Wildman–Crippen MR) is 79.5 cm³/mol. The molecular formula is C16H27NO2. The van der Waals surface area contributed by atoms with Gasteiger partial charge in [-0.15, -0.1) is 0 Å². The lowest BCUT2D eigenvalue weighted by Gasteiger charge is -2.30. The van der Waals surface area contributed by atoms with Crippen molar-refractivity contribution < 1.29 is 10.2 Å². The zero-order valence-electron chi connectivity index (χ0n) is 12.5. The summed E-state index contributed by atoms with van der Waals surface area (Å²) in [6, 6.07) is 6.49. The van der Waals surface area contributed by atoms with E-state index < -0.39 is 0 Å². The maximum atomic E-state index is 9.25. The van der Waals surface area contributed by atoms with Gasteiger partial charge >= 0.3 is 0 Å². The lowest BCUT2D eigenvalue weighted by atomic mass is 9.81. The smallest absolute Gasteiger partial charge is 0.0585 e. The van der Waals surface area contributed by atoms with Crippen LogP contribution in [0.1, 0.15) is 37.0 Å². The molecule has 0 bridgehead atoms. The zero-order valence-corrected chi connectivity index (χ0v) is 12.5. The fraction of sp³-hybridized carbons (Fsp3) is 0.625. The largest absolute Gasteiger partial charge is 0.396 e. The van der Waals surface area contributed by atoms with Crippen LogP contribution in [0.4, 0.5) is 0 Å². The third kappa shape index (κ3) is 4.60. The van der Waals surface area contributed by atoms with E-state index in [0.29, 0.717) is 6.42 Å². The van der Waals surface area contributed by atoms with Crippen LogP contribution >= 0.6 is 0 Å². The first-order valence-corrected chi connectivity index (χ1v) is 6.93. The average Bonchev–Trinajstić information content (AvgIpc) is 2.37. The maximum Gasteiger partial charge on any atom is 0.0585 e. The van der Waals surface area contributed by atoms with Crippen LogP contribution in [-0.2, 0) is 5.41 Å². The van der Waals surface area contributed by atoms with Crippen LogP contribution in [0.25, 0.3) is 0 Å². The van der Waals surface area contributed by atoms with Gasteiger partial charge in [0.2, 0.25) is 0 Å². The van der Waals surface area contributed by atoms with Gasteiger partial charge in [-0.25, -0.2) is 0 Å². The van der Waals surface area contributed by atoms with Crippen LogP contribution in [0.3, 0.4) is 0 Å². The molecule has 0 spiro atoms. The fourth-order valence-corrected chi connectivity index (χ4v) is 2.37. The second-order valence-electron chi connectivity index (χ2n) is 5.97. The van der Waals surface area contributed by atoms with Crippen molar-refractivity contribution >= 4 is 0 Å². The molecule has 3 nitrogen and oxygen atoms in total. The average molecular weight is 265 g/mol. The fourth-order valence-electron chi connectivity index (χ4n) is 2.37. The van der Waals surface area contributed by atoms with E-state index in [1.807, 2.05) is 0 Å². The third-order valence-corrected chi connectivity index (χ3v) is 3.65. The first-order chi connectivity index (χ1) is 8.90. The van der Waals surface area contributed by atoms with Gasteiger partial charge in [0.1, 0.15) is 0 Å². The molecule has 1 atom stereocenters. The molecule has 1 unspecified atom stereocenters. The highest BCUT2D eigenvalue weighted by atomic mass is 16.3. The van der Waals surface area contributed by atoms with Crippen LogP contribution in [0.2, 0.25) is 0 Å². The Kier molecular flexibility index (Phi) is 5.98. The first kappa shape index (κ1) is 16.2. The summed E-state index contributed by atoms with van der Waals surface area (Å²) in [4.78, 5) is 0. The number of aliphatic hydroxyl groups excluding tert-OH is 2. The van der Waals surface area contributed by atoms with Crippen molar-refractivity contribution in [2.75, 3.05) is 19.8 Å². The Balaban J connectivity index is 2.77. The standard InChI is InChI=1S/C16H27NO2/c1-12-5-6-13(2)15(9-12)16(3,4)11-17-14(10-19)7-8-18/h5-6,9,14,17-19H,7-8,10-11H2,1-4H3. The van der Waals surface area contributed by atoms with Crippen molar-refractivity contribution in [3.8, 4) is 0 Å². The summed E-state index contributed by atoms with van der Waals surface area (Å²) >= 11 is 0. The molecule has 3 heteroatoms. The minimum absolute atomic E-state index is 0.00101. The Hall–Kier alpha value is -0.900. The Bertz CT molecular complexity index is 402. The molecule has 108 valence electrons. The van der Waals surface area contributed by atoms with Gasteiger partial charge in [-0.3, -0.25) is 0 Å². The summed E-state index contributed by atoms with van der Waals surface area (Å²) in [6.07, 6.45) is 0.583. The molecule has 0 heterocycles. The van der Waals surface area contributed by atoms with Crippen LogP contribution in [0, 0.1) is 13.8 Å². The number of aliphatic hydroxyl groups is 2. The van der Waals surface area contributed by atoms with Crippen LogP contribution in [0.15, 0.2) is 18.2 Å². The zero-order chi connectivity index (χ0) is 14.5. The Morgan fingerprint density at radius 3 is 2.47 bits per heavy atom. The van der Waals surface area contributed by atoms with Gasteiger partial charge in [-0.1, -0.05) is 37.6 Å². The first-order valence-electron chi connectivity index (χ1n) is 6.93. The van der Waals surface area contributed by atoms with E-state index in [0.717, 1.165) is 6.54 Å². The molecule has 0 fully saturated rings. The van der Waals surface area contributed by atoms with Crippen LogP contribution in [-0.4, -0.2) is 36.0 Å². The highest BCUT2D eigenvalue weighted by Crippen LogP contribution is 2.26. The van der Waals surface area contributed by atoms with E-state index in [4.69, 9.17) is 5.11 Å². The predicted octanol–water partition coefficient (Wildman–Crippen LogP) is 1.91. The van der Waals surface area contributed by atoms with Gasteiger partial charge in [-0.2, -0.15) is 0 Å². The molecule has 0 aliphatic rings. The lowest BCUT2D eigenvalue weighted by molar-refractivity contribution is 0.195. The number of hydrogen-bond donors (Lipinski definition) is 3. The minimum Gasteiger partial charge on any atom is -0.396 e. The van der Waals surface area contributed by atoms with Gasteiger partial charge in [0, 0.05) is 24.6 Å². The molecular weight excluding hydrogens is 238 g/mol. The van der Waals surface area contributed by atoms with E-state index >= 15 is 0 Å². The van der Waals surface area contributed by atoms with Gasteiger partial charge in [-0.05, 0) is 31.4 Å². The number of hydrogen-bond acceptors (Lipinski definition) is 3. The highest BCUT2D eigenvalue weighted by molar-refractivity contribution is 5.36. The summed E-state index contributed by atoms with van der Waals surface area (Å²) in [7, 11) is 0. The molecule has 19 heavy (non-hydrogen) atoms.